The molecule has 3 heteroatoms. The highest BCUT2D eigenvalue weighted by Crippen LogP contribution is 2.44. The Balaban J connectivity index is 2.85. The van der Waals surface area contributed by atoms with Gasteiger partial charge in [0.1, 0.15) is 0 Å². The van der Waals surface area contributed by atoms with Gasteiger partial charge in [0.15, 0.2) is 9.04 Å². The SMILES string of the molecule is CC(O)C(O[SiH](C)C)C1CCCCC1C(C)(C)C. The zero-order chi connectivity index (χ0) is 13.9. The standard InChI is InChI=1S/C15H32O2Si/c1-11(16)14(17-18(5)6)12-9-7-8-10-13(12)15(2,3)4/h11-14,16,18H,7-10H2,1-6H3. The maximum atomic E-state index is 10.1. The van der Waals surface area contributed by atoms with E-state index in [0.717, 1.165) is 0 Å². The molecule has 18 heavy (non-hydrogen) atoms. The highest BCUT2D eigenvalue weighted by Gasteiger charge is 2.40. The van der Waals surface area contributed by atoms with Crippen molar-refractivity contribution in [2.24, 2.45) is 17.3 Å². The van der Waals surface area contributed by atoms with E-state index in [0.29, 0.717) is 17.3 Å². The van der Waals surface area contributed by atoms with Crippen LogP contribution in [-0.4, -0.2) is 26.4 Å². The first-order chi connectivity index (χ1) is 8.23. The fraction of sp³-hybridized carbons (Fsp3) is 1.00. The molecule has 4 unspecified atom stereocenters. The van der Waals surface area contributed by atoms with Gasteiger partial charge in [-0.3, -0.25) is 0 Å². The molecular weight excluding hydrogens is 240 g/mol. The van der Waals surface area contributed by atoms with Crippen LogP contribution in [0.2, 0.25) is 13.1 Å². The van der Waals surface area contributed by atoms with E-state index >= 15 is 0 Å². The third-order valence-corrected chi connectivity index (χ3v) is 5.12. The van der Waals surface area contributed by atoms with Gasteiger partial charge in [0.2, 0.25) is 0 Å². The van der Waals surface area contributed by atoms with E-state index in [1.54, 1.807) is 0 Å². The number of hydrogen-bond acceptors (Lipinski definition) is 2. The summed E-state index contributed by atoms with van der Waals surface area (Å²) in [4.78, 5) is 0. The summed E-state index contributed by atoms with van der Waals surface area (Å²) in [6.07, 6.45) is 4.86. The van der Waals surface area contributed by atoms with Crippen LogP contribution in [0.4, 0.5) is 0 Å². The second-order valence-electron chi connectivity index (χ2n) is 7.31. The van der Waals surface area contributed by atoms with E-state index in [2.05, 4.69) is 33.9 Å². The first-order valence-corrected chi connectivity index (χ1v) is 10.3. The Morgan fingerprint density at radius 1 is 1.17 bits per heavy atom. The van der Waals surface area contributed by atoms with Crippen LogP contribution in [-0.2, 0) is 4.43 Å². The van der Waals surface area contributed by atoms with E-state index in [4.69, 9.17) is 4.43 Å². The average Bonchev–Trinajstić information content (AvgIpc) is 2.24. The smallest absolute Gasteiger partial charge is 0.171 e. The van der Waals surface area contributed by atoms with Gasteiger partial charge in [-0.2, -0.15) is 0 Å². The molecule has 0 heterocycles. The van der Waals surface area contributed by atoms with E-state index in [-0.39, 0.29) is 12.2 Å². The van der Waals surface area contributed by atoms with Crippen molar-refractivity contribution < 1.29 is 9.53 Å². The highest BCUT2D eigenvalue weighted by molar-refractivity contribution is 6.48. The third kappa shape index (κ3) is 4.36. The van der Waals surface area contributed by atoms with Gasteiger partial charge in [0, 0.05) is 0 Å². The van der Waals surface area contributed by atoms with Crippen LogP contribution in [0.1, 0.15) is 53.4 Å². The Hall–Kier alpha value is 0.137. The molecule has 0 amide bonds. The summed E-state index contributed by atoms with van der Waals surface area (Å²) >= 11 is 0. The number of aliphatic hydroxyl groups is 1. The summed E-state index contributed by atoms with van der Waals surface area (Å²) in [5, 5.41) is 10.1. The van der Waals surface area contributed by atoms with Crippen LogP contribution in [0.15, 0.2) is 0 Å². The lowest BCUT2D eigenvalue weighted by Gasteiger charge is -2.45. The number of rotatable bonds is 4. The number of aliphatic hydroxyl groups excluding tert-OH is 1. The Kier molecular flexibility index (Phi) is 5.88. The quantitative estimate of drug-likeness (QED) is 0.793. The number of hydrogen-bond donors (Lipinski definition) is 1. The normalized spacial score (nSPS) is 29.3. The first-order valence-electron chi connectivity index (χ1n) is 7.57. The summed E-state index contributed by atoms with van der Waals surface area (Å²) in [5.41, 5.74) is 0.320. The molecule has 1 rings (SSSR count). The van der Waals surface area contributed by atoms with Crippen LogP contribution in [0.5, 0.6) is 0 Å². The summed E-state index contributed by atoms with van der Waals surface area (Å²) in [7, 11) is -1.10. The summed E-state index contributed by atoms with van der Waals surface area (Å²) in [6.45, 7) is 13.3. The van der Waals surface area contributed by atoms with Crippen molar-refractivity contribution in [1.29, 1.82) is 0 Å². The first kappa shape index (κ1) is 16.2. The molecule has 2 nitrogen and oxygen atoms in total. The minimum atomic E-state index is -1.10. The molecule has 0 spiro atoms. The van der Waals surface area contributed by atoms with E-state index in [1.165, 1.54) is 25.7 Å². The van der Waals surface area contributed by atoms with Gasteiger partial charge < -0.3 is 9.53 Å². The van der Waals surface area contributed by atoms with Gasteiger partial charge in [-0.25, -0.2) is 0 Å². The van der Waals surface area contributed by atoms with Crippen LogP contribution in [0.25, 0.3) is 0 Å². The molecule has 0 aromatic rings. The van der Waals surface area contributed by atoms with Gasteiger partial charge in [-0.05, 0) is 50.1 Å². The highest BCUT2D eigenvalue weighted by atomic mass is 28.3. The van der Waals surface area contributed by atoms with Gasteiger partial charge >= 0.3 is 0 Å². The predicted octanol–water partition coefficient (Wildman–Crippen LogP) is 3.59. The minimum absolute atomic E-state index is 0.0567. The Bertz CT molecular complexity index is 245. The zero-order valence-electron chi connectivity index (χ0n) is 13.1. The molecule has 0 aromatic carbocycles. The fourth-order valence-corrected chi connectivity index (χ4v) is 4.57. The lowest BCUT2D eigenvalue weighted by molar-refractivity contribution is -0.0454. The maximum Gasteiger partial charge on any atom is 0.171 e. The van der Waals surface area contributed by atoms with Crippen LogP contribution >= 0.6 is 0 Å². The van der Waals surface area contributed by atoms with E-state index < -0.39 is 9.04 Å². The molecule has 4 atom stereocenters. The molecule has 1 aliphatic carbocycles. The molecule has 0 aliphatic heterocycles. The average molecular weight is 273 g/mol. The van der Waals surface area contributed by atoms with Crippen LogP contribution < -0.4 is 0 Å². The molecule has 1 saturated carbocycles. The van der Waals surface area contributed by atoms with Gasteiger partial charge in [0.05, 0.1) is 12.2 Å². The van der Waals surface area contributed by atoms with Crippen LogP contribution in [0.3, 0.4) is 0 Å². The van der Waals surface area contributed by atoms with Crippen molar-refractivity contribution in [3.05, 3.63) is 0 Å². The fourth-order valence-electron chi connectivity index (χ4n) is 3.51. The maximum absolute atomic E-state index is 10.1. The topological polar surface area (TPSA) is 29.5 Å². The molecule has 1 N–H and O–H groups in total. The van der Waals surface area contributed by atoms with Crippen molar-refractivity contribution in [3.63, 3.8) is 0 Å². The monoisotopic (exact) mass is 272 g/mol. The summed E-state index contributed by atoms with van der Waals surface area (Å²) in [6, 6.07) is 0. The van der Waals surface area contributed by atoms with Crippen molar-refractivity contribution in [2.75, 3.05) is 0 Å². The second kappa shape index (κ2) is 6.53. The lowest BCUT2D eigenvalue weighted by Crippen LogP contribution is -2.45. The molecule has 1 aliphatic rings. The van der Waals surface area contributed by atoms with Crippen molar-refractivity contribution in [3.8, 4) is 0 Å². The minimum Gasteiger partial charge on any atom is -0.415 e. The molecular formula is C15H32O2Si. The Labute approximate surface area is 115 Å². The van der Waals surface area contributed by atoms with Crippen molar-refractivity contribution in [2.45, 2.75) is 78.7 Å². The molecule has 108 valence electrons. The molecule has 1 fully saturated rings. The zero-order valence-corrected chi connectivity index (χ0v) is 14.2. The Morgan fingerprint density at radius 2 is 1.72 bits per heavy atom. The van der Waals surface area contributed by atoms with Crippen LogP contribution in [0, 0.1) is 17.3 Å². The molecule has 0 radical (unpaired) electrons. The molecule has 0 bridgehead atoms. The lowest BCUT2D eigenvalue weighted by atomic mass is 9.64. The summed E-state index contributed by atoms with van der Waals surface area (Å²) in [5.74, 6) is 1.22. The van der Waals surface area contributed by atoms with Gasteiger partial charge in [-0.1, -0.05) is 33.6 Å². The largest absolute Gasteiger partial charge is 0.415 e. The second-order valence-corrected chi connectivity index (χ2v) is 9.68. The van der Waals surface area contributed by atoms with Crippen molar-refractivity contribution in [1.82, 2.24) is 0 Å². The van der Waals surface area contributed by atoms with Crippen molar-refractivity contribution >= 4 is 9.04 Å². The van der Waals surface area contributed by atoms with Gasteiger partial charge in [0.25, 0.3) is 0 Å². The Morgan fingerprint density at radius 3 is 2.17 bits per heavy atom. The van der Waals surface area contributed by atoms with E-state index in [1.807, 2.05) is 6.92 Å². The predicted molar refractivity (Wildman–Crippen MR) is 80.3 cm³/mol. The molecule has 0 aromatic heterocycles. The van der Waals surface area contributed by atoms with E-state index in [9.17, 15) is 5.11 Å². The van der Waals surface area contributed by atoms with Gasteiger partial charge in [-0.15, -0.1) is 0 Å². The summed E-state index contributed by atoms with van der Waals surface area (Å²) < 4.78 is 6.17. The molecule has 0 saturated heterocycles. The third-order valence-electron chi connectivity index (χ3n) is 4.26.